The zero-order chi connectivity index (χ0) is 12.8. The van der Waals surface area contributed by atoms with Gasteiger partial charge in [0.05, 0.1) is 4.90 Å². The quantitative estimate of drug-likeness (QED) is 0.714. The molecule has 1 N–H and O–H groups in total. The van der Waals surface area contributed by atoms with Crippen molar-refractivity contribution in [1.29, 1.82) is 0 Å². The molecular formula is C10H9NO5S. The molecule has 7 heteroatoms. The molecule has 1 aromatic carbocycles. The van der Waals surface area contributed by atoms with Gasteiger partial charge in [-0.1, -0.05) is 18.2 Å². The summed E-state index contributed by atoms with van der Waals surface area (Å²) in [5.41, 5.74) is 0.0168. The SMILES string of the molecule is CN1C(=O)C(C(=O)O)c2ccccc2S1(=O)=O. The Hall–Kier alpha value is -1.89. The number of fused-ring (bicyclic) bond motifs is 1. The van der Waals surface area contributed by atoms with Crippen LogP contribution < -0.4 is 0 Å². The minimum absolute atomic E-state index is 0.0168. The summed E-state index contributed by atoms with van der Waals surface area (Å²) < 4.78 is 24.3. The molecule has 0 fully saturated rings. The van der Waals surface area contributed by atoms with Gasteiger partial charge in [0.2, 0.25) is 0 Å². The van der Waals surface area contributed by atoms with E-state index >= 15 is 0 Å². The average Bonchev–Trinajstić information content (AvgIpc) is 2.26. The van der Waals surface area contributed by atoms with Crippen LogP contribution in [0.15, 0.2) is 29.2 Å². The Labute approximate surface area is 97.5 Å². The molecular weight excluding hydrogens is 246 g/mol. The van der Waals surface area contributed by atoms with Crippen LogP contribution in [0.25, 0.3) is 0 Å². The Morgan fingerprint density at radius 2 is 1.94 bits per heavy atom. The topological polar surface area (TPSA) is 91.8 Å². The zero-order valence-electron chi connectivity index (χ0n) is 8.82. The first-order valence-electron chi connectivity index (χ1n) is 4.72. The predicted octanol–water partition coefficient (Wildman–Crippen LogP) is 0.0155. The van der Waals surface area contributed by atoms with Crippen molar-refractivity contribution in [3.63, 3.8) is 0 Å². The lowest BCUT2D eigenvalue weighted by atomic mass is 9.98. The van der Waals surface area contributed by atoms with Crippen molar-refractivity contribution in [3.05, 3.63) is 29.8 Å². The second kappa shape index (κ2) is 3.56. The fourth-order valence-electron chi connectivity index (χ4n) is 1.77. The van der Waals surface area contributed by atoms with E-state index in [-0.39, 0.29) is 10.5 Å². The number of sulfonamides is 1. The number of carbonyl (C=O) groups is 2. The third-order valence-electron chi connectivity index (χ3n) is 2.67. The van der Waals surface area contributed by atoms with E-state index in [4.69, 9.17) is 5.11 Å². The Balaban J connectivity index is 2.79. The van der Waals surface area contributed by atoms with E-state index in [0.717, 1.165) is 7.05 Å². The van der Waals surface area contributed by atoms with Crippen LogP contribution in [0, 0.1) is 0 Å². The summed E-state index contributed by atoms with van der Waals surface area (Å²) in [6.07, 6.45) is 0. The number of benzene rings is 1. The van der Waals surface area contributed by atoms with Crippen molar-refractivity contribution in [1.82, 2.24) is 4.31 Å². The van der Waals surface area contributed by atoms with Crippen LogP contribution in [0.1, 0.15) is 11.5 Å². The molecule has 0 spiro atoms. The summed E-state index contributed by atoms with van der Waals surface area (Å²) in [6, 6.07) is 5.63. The number of amides is 1. The molecule has 0 saturated carbocycles. The van der Waals surface area contributed by atoms with Gasteiger partial charge in [-0.05, 0) is 11.6 Å². The van der Waals surface area contributed by atoms with Crippen LogP contribution in [-0.2, 0) is 19.6 Å². The predicted molar refractivity (Wildman–Crippen MR) is 56.8 cm³/mol. The fraction of sp³-hybridized carbons (Fsp3) is 0.200. The van der Waals surface area contributed by atoms with Gasteiger partial charge in [-0.2, -0.15) is 0 Å². The highest BCUT2D eigenvalue weighted by Gasteiger charge is 2.44. The third-order valence-corrected chi connectivity index (χ3v) is 4.50. The molecule has 1 aliphatic heterocycles. The maximum absolute atomic E-state index is 11.9. The van der Waals surface area contributed by atoms with Gasteiger partial charge in [-0.15, -0.1) is 0 Å². The molecule has 0 aliphatic carbocycles. The largest absolute Gasteiger partial charge is 0.480 e. The zero-order valence-corrected chi connectivity index (χ0v) is 9.64. The Morgan fingerprint density at radius 1 is 1.35 bits per heavy atom. The van der Waals surface area contributed by atoms with E-state index in [0.29, 0.717) is 4.31 Å². The summed E-state index contributed by atoms with van der Waals surface area (Å²) in [7, 11) is -2.86. The number of hydrogen-bond donors (Lipinski definition) is 1. The first-order valence-corrected chi connectivity index (χ1v) is 6.16. The molecule has 0 saturated heterocycles. The second-order valence-electron chi connectivity index (χ2n) is 3.62. The van der Waals surface area contributed by atoms with Gasteiger partial charge in [0.15, 0.2) is 5.92 Å². The summed E-state index contributed by atoms with van der Waals surface area (Å²) >= 11 is 0. The molecule has 1 aromatic rings. The van der Waals surface area contributed by atoms with Crippen molar-refractivity contribution in [3.8, 4) is 0 Å². The number of carbonyl (C=O) groups excluding carboxylic acids is 1. The molecule has 0 radical (unpaired) electrons. The van der Waals surface area contributed by atoms with Crippen LogP contribution in [0.4, 0.5) is 0 Å². The van der Waals surface area contributed by atoms with Crippen LogP contribution >= 0.6 is 0 Å². The van der Waals surface area contributed by atoms with Gasteiger partial charge in [-0.3, -0.25) is 9.59 Å². The highest BCUT2D eigenvalue weighted by molar-refractivity contribution is 7.89. The highest BCUT2D eigenvalue weighted by Crippen LogP contribution is 2.33. The number of carboxylic acid groups (broad SMARTS) is 1. The molecule has 90 valence electrons. The van der Waals surface area contributed by atoms with E-state index in [9.17, 15) is 18.0 Å². The van der Waals surface area contributed by atoms with E-state index in [1.807, 2.05) is 0 Å². The summed E-state index contributed by atoms with van der Waals surface area (Å²) in [5.74, 6) is -3.76. The van der Waals surface area contributed by atoms with Crippen LogP contribution in [0.5, 0.6) is 0 Å². The maximum atomic E-state index is 11.9. The molecule has 6 nitrogen and oxygen atoms in total. The Morgan fingerprint density at radius 3 is 2.53 bits per heavy atom. The molecule has 2 rings (SSSR count). The number of carboxylic acids is 1. The molecule has 0 aromatic heterocycles. The smallest absolute Gasteiger partial charge is 0.320 e. The van der Waals surface area contributed by atoms with Gasteiger partial charge >= 0.3 is 5.97 Å². The number of hydrogen-bond acceptors (Lipinski definition) is 4. The lowest BCUT2D eigenvalue weighted by Gasteiger charge is -2.28. The summed E-state index contributed by atoms with van der Waals surface area (Å²) in [5, 5.41) is 9.00. The number of nitrogens with zero attached hydrogens (tertiary/aromatic N) is 1. The molecule has 1 aliphatic rings. The second-order valence-corrected chi connectivity index (χ2v) is 5.56. The van der Waals surface area contributed by atoms with Crippen molar-refractivity contribution >= 4 is 21.9 Å². The number of likely N-dealkylation sites (N-methyl/N-ethyl adjacent to an activating group) is 1. The Bertz CT molecular complexity index is 607. The van der Waals surface area contributed by atoms with Gasteiger partial charge in [-0.25, -0.2) is 12.7 Å². The van der Waals surface area contributed by atoms with Crippen molar-refractivity contribution < 1.29 is 23.1 Å². The van der Waals surface area contributed by atoms with Crippen molar-refractivity contribution in [2.24, 2.45) is 0 Å². The number of aliphatic carboxylic acids is 1. The van der Waals surface area contributed by atoms with Gasteiger partial charge in [0.1, 0.15) is 0 Å². The lowest BCUT2D eigenvalue weighted by Crippen LogP contribution is -2.44. The van der Waals surface area contributed by atoms with Crippen LogP contribution in [0.2, 0.25) is 0 Å². The summed E-state index contributed by atoms with van der Waals surface area (Å²) in [6.45, 7) is 0. The van der Waals surface area contributed by atoms with E-state index in [1.165, 1.54) is 24.3 Å². The molecule has 1 atom stereocenters. The number of rotatable bonds is 1. The minimum Gasteiger partial charge on any atom is -0.480 e. The summed E-state index contributed by atoms with van der Waals surface area (Å²) in [4.78, 5) is 22.6. The first-order chi connectivity index (χ1) is 7.87. The van der Waals surface area contributed by atoms with Gasteiger partial charge in [0.25, 0.3) is 15.9 Å². The monoisotopic (exact) mass is 255 g/mol. The normalized spacial score (nSPS) is 22.1. The third kappa shape index (κ3) is 1.50. The average molecular weight is 255 g/mol. The highest BCUT2D eigenvalue weighted by atomic mass is 32.2. The lowest BCUT2D eigenvalue weighted by molar-refractivity contribution is -0.145. The van der Waals surface area contributed by atoms with Crippen LogP contribution in [-0.4, -0.2) is 36.8 Å². The molecule has 1 heterocycles. The van der Waals surface area contributed by atoms with E-state index < -0.39 is 27.8 Å². The van der Waals surface area contributed by atoms with Crippen molar-refractivity contribution in [2.75, 3.05) is 7.05 Å². The van der Waals surface area contributed by atoms with E-state index in [2.05, 4.69) is 0 Å². The molecule has 1 unspecified atom stereocenters. The minimum atomic E-state index is -3.92. The molecule has 17 heavy (non-hydrogen) atoms. The van der Waals surface area contributed by atoms with Crippen molar-refractivity contribution in [2.45, 2.75) is 10.8 Å². The van der Waals surface area contributed by atoms with E-state index in [1.54, 1.807) is 0 Å². The van der Waals surface area contributed by atoms with Crippen LogP contribution in [0.3, 0.4) is 0 Å². The Kier molecular flexibility index (Phi) is 2.43. The molecule has 0 bridgehead atoms. The first kappa shape index (κ1) is 11.6. The van der Waals surface area contributed by atoms with Gasteiger partial charge in [0, 0.05) is 7.05 Å². The standard InChI is InChI=1S/C10H9NO5S/c1-11-9(12)8(10(13)14)6-4-2-3-5-7(6)17(11,15)16/h2-5,8H,1H3,(H,13,14). The fourth-order valence-corrected chi connectivity index (χ4v) is 3.15. The maximum Gasteiger partial charge on any atom is 0.320 e. The van der Waals surface area contributed by atoms with Gasteiger partial charge < -0.3 is 5.11 Å². The molecule has 1 amide bonds.